The topological polar surface area (TPSA) is 75.4 Å². The van der Waals surface area contributed by atoms with E-state index in [2.05, 4.69) is 5.10 Å². The molecule has 1 unspecified atom stereocenters. The Bertz CT molecular complexity index is 400. The number of carbonyl (C=O) groups excluding carboxylic acids is 1. The minimum absolute atomic E-state index is 0.254. The van der Waals surface area contributed by atoms with Crippen LogP contribution >= 0.6 is 0 Å². The number of carboxylic acids is 1. The maximum atomic E-state index is 11.8. The molecular weight excluding hydrogens is 210 g/mol. The summed E-state index contributed by atoms with van der Waals surface area (Å²) in [6.45, 7) is 1.72. The minimum Gasteiger partial charge on any atom is -0.480 e. The number of hydrogen-bond donors (Lipinski definition) is 1. The molecule has 6 heteroatoms. The standard InChI is InChI=1S/C10H15N3O3/c1-4-8(10(15)16)13(3)9(14)7-5-6-12(2)11-7/h5-6,8H,4H2,1-3H3,(H,15,16). The summed E-state index contributed by atoms with van der Waals surface area (Å²) in [6.07, 6.45) is 2.01. The second-order valence-corrected chi connectivity index (χ2v) is 3.55. The molecule has 16 heavy (non-hydrogen) atoms. The van der Waals surface area contributed by atoms with Crippen molar-refractivity contribution in [3.8, 4) is 0 Å². The Balaban J connectivity index is 2.85. The quantitative estimate of drug-likeness (QED) is 0.802. The molecule has 1 amide bonds. The minimum atomic E-state index is -1.01. The molecule has 1 aromatic heterocycles. The highest BCUT2D eigenvalue weighted by atomic mass is 16.4. The van der Waals surface area contributed by atoms with Gasteiger partial charge in [-0.3, -0.25) is 9.48 Å². The molecular formula is C10H15N3O3. The van der Waals surface area contributed by atoms with Crippen molar-refractivity contribution < 1.29 is 14.7 Å². The smallest absolute Gasteiger partial charge is 0.326 e. The Kier molecular flexibility index (Phi) is 3.65. The van der Waals surface area contributed by atoms with Gasteiger partial charge in [0.1, 0.15) is 11.7 Å². The summed E-state index contributed by atoms with van der Waals surface area (Å²) in [6, 6.07) is 0.752. The maximum absolute atomic E-state index is 11.8. The largest absolute Gasteiger partial charge is 0.480 e. The first kappa shape index (κ1) is 12.2. The van der Waals surface area contributed by atoms with Crippen molar-refractivity contribution in [1.82, 2.24) is 14.7 Å². The highest BCUT2D eigenvalue weighted by molar-refractivity contribution is 5.94. The Labute approximate surface area is 93.5 Å². The van der Waals surface area contributed by atoms with Gasteiger partial charge in [0.05, 0.1) is 0 Å². The Morgan fingerprint density at radius 2 is 2.25 bits per heavy atom. The molecule has 1 heterocycles. The van der Waals surface area contributed by atoms with Gasteiger partial charge in [-0.25, -0.2) is 4.79 Å². The van der Waals surface area contributed by atoms with Crippen LogP contribution in [0, 0.1) is 0 Å². The molecule has 0 saturated carbocycles. The van der Waals surface area contributed by atoms with E-state index in [1.54, 1.807) is 26.2 Å². The van der Waals surface area contributed by atoms with E-state index in [0.717, 1.165) is 0 Å². The fraction of sp³-hybridized carbons (Fsp3) is 0.500. The van der Waals surface area contributed by atoms with Crippen molar-refractivity contribution >= 4 is 11.9 Å². The highest BCUT2D eigenvalue weighted by Gasteiger charge is 2.26. The number of likely N-dealkylation sites (N-methyl/N-ethyl adjacent to an activating group) is 1. The Morgan fingerprint density at radius 1 is 1.62 bits per heavy atom. The predicted molar refractivity (Wildman–Crippen MR) is 57.0 cm³/mol. The fourth-order valence-electron chi connectivity index (χ4n) is 1.47. The van der Waals surface area contributed by atoms with Crippen LogP contribution in [-0.2, 0) is 11.8 Å². The van der Waals surface area contributed by atoms with Crippen LogP contribution in [0.3, 0.4) is 0 Å². The number of aromatic nitrogens is 2. The molecule has 0 aliphatic heterocycles. The van der Waals surface area contributed by atoms with E-state index in [1.165, 1.54) is 16.6 Å². The van der Waals surface area contributed by atoms with Gasteiger partial charge < -0.3 is 10.0 Å². The molecule has 6 nitrogen and oxygen atoms in total. The van der Waals surface area contributed by atoms with Gasteiger partial charge in [0.15, 0.2) is 0 Å². The van der Waals surface area contributed by atoms with Gasteiger partial charge in [-0.05, 0) is 12.5 Å². The van der Waals surface area contributed by atoms with E-state index in [4.69, 9.17) is 5.11 Å². The van der Waals surface area contributed by atoms with E-state index in [0.29, 0.717) is 6.42 Å². The second-order valence-electron chi connectivity index (χ2n) is 3.55. The molecule has 0 bridgehead atoms. The zero-order valence-corrected chi connectivity index (χ0v) is 9.54. The molecule has 1 aromatic rings. The van der Waals surface area contributed by atoms with Gasteiger partial charge in [-0.15, -0.1) is 0 Å². The SMILES string of the molecule is CCC(C(=O)O)N(C)C(=O)c1ccn(C)n1. The first-order valence-corrected chi connectivity index (χ1v) is 4.97. The van der Waals surface area contributed by atoms with Crippen LogP contribution in [0.15, 0.2) is 12.3 Å². The summed E-state index contributed by atoms with van der Waals surface area (Å²) in [4.78, 5) is 23.9. The second kappa shape index (κ2) is 4.78. The lowest BCUT2D eigenvalue weighted by Crippen LogP contribution is -2.42. The maximum Gasteiger partial charge on any atom is 0.326 e. The summed E-state index contributed by atoms with van der Waals surface area (Å²) in [5.74, 6) is -1.39. The molecule has 1 N–H and O–H groups in total. The van der Waals surface area contributed by atoms with E-state index in [9.17, 15) is 9.59 Å². The van der Waals surface area contributed by atoms with Crippen LogP contribution in [0.25, 0.3) is 0 Å². The summed E-state index contributed by atoms with van der Waals surface area (Å²) in [7, 11) is 3.17. The fourth-order valence-corrected chi connectivity index (χ4v) is 1.47. The number of carbonyl (C=O) groups is 2. The molecule has 88 valence electrons. The number of rotatable bonds is 4. The third-order valence-corrected chi connectivity index (χ3v) is 2.39. The van der Waals surface area contributed by atoms with Gasteiger partial charge in [0.2, 0.25) is 0 Å². The molecule has 1 atom stereocenters. The van der Waals surface area contributed by atoms with Gasteiger partial charge in [0, 0.05) is 20.3 Å². The third kappa shape index (κ3) is 2.39. The molecule has 0 aliphatic rings. The molecule has 0 spiro atoms. The van der Waals surface area contributed by atoms with Crippen molar-refractivity contribution in [1.29, 1.82) is 0 Å². The van der Waals surface area contributed by atoms with Crippen LogP contribution in [-0.4, -0.2) is 44.8 Å². The number of amides is 1. The molecule has 0 saturated heterocycles. The van der Waals surface area contributed by atoms with Gasteiger partial charge in [-0.2, -0.15) is 5.10 Å². The lowest BCUT2D eigenvalue weighted by Gasteiger charge is -2.22. The highest BCUT2D eigenvalue weighted by Crippen LogP contribution is 2.07. The van der Waals surface area contributed by atoms with Gasteiger partial charge in [-0.1, -0.05) is 6.92 Å². The first-order valence-electron chi connectivity index (χ1n) is 4.97. The van der Waals surface area contributed by atoms with Crippen molar-refractivity contribution in [3.05, 3.63) is 18.0 Å². The molecule has 0 aliphatic carbocycles. The van der Waals surface area contributed by atoms with Crippen molar-refractivity contribution in [2.24, 2.45) is 7.05 Å². The average Bonchev–Trinajstić information content (AvgIpc) is 2.64. The van der Waals surface area contributed by atoms with Crippen LogP contribution < -0.4 is 0 Å². The van der Waals surface area contributed by atoms with E-state index < -0.39 is 12.0 Å². The summed E-state index contributed by atoms with van der Waals surface area (Å²) < 4.78 is 1.50. The molecule has 0 fully saturated rings. The molecule has 0 aromatic carbocycles. The number of aliphatic carboxylic acids is 1. The van der Waals surface area contributed by atoms with Gasteiger partial charge >= 0.3 is 5.97 Å². The summed E-state index contributed by atoms with van der Waals surface area (Å²) in [5.41, 5.74) is 0.254. The van der Waals surface area contributed by atoms with E-state index in [-0.39, 0.29) is 11.6 Å². The predicted octanol–water partition coefficient (Wildman–Crippen LogP) is 0.355. The van der Waals surface area contributed by atoms with Gasteiger partial charge in [0.25, 0.3) is 5.91 Å². The number of hydrogen-bond acceptors (Lipinski definition) is 3. The number of aryl methyl sites for hydroxylation is 1. The average molecular weight is 225 g/mol. The van der Waals surface area contributed by atoms with Crippen LogP contribution in [0.4, 0.5) is 0 Å². The monoisotopic (exact) mass is 225 g/mol. The van der Waals surface area contributed by atoms with Crippen LogP contribution in [0.2, 0.25) is 0 Å². The summed E-state index contributed by atoms with van der Waals surface area (Å²) in [5, 5.41) is 12.9. The van der Waals surface area contributed by atoms with Crippen molar-refractivity contribution in [2.45, 2.75) is 19.4 Å². The first-order chi connectivity index (χ1) is 7.47. The number of nitrogens with zero attached hydrogens (tertiary/aromatic N) is 3. The number of carboxylic acid groups (broad SMARTS) is 1. The zero-order valence-electron chi connectivity index (χ0n) is 9.54. The molecule has 1 rings (SSSR count). The molecule has 0 radical (unpaired) electrons. The van der Waals surface area contributed by atoms with Crippen LogP contribution in [0.5, 0.6) is 0 Å². The van der Waals surface area contributed by atoms with E-state index in [1.807, 2.05) is 0 Å². The zero-order chi connectivity index (χ0) is 12.3. The Hall–Kier alpha value is -1.85. The summed E-state index contributed by atoms with van der Waals surface area (Å²) >= 11 is 0. The van der Waals surface area contributed by atoms with E-state index >= 15 is 0 Å². The lowest BCUT2D eigenvalue weighted by molar-refractivity contribution is -0.142. The Morgan fingerprint density at radius 3 is 2.62 bits per heavy atom. The lowest BCUT2D eigenvalue weighted by atomic mass is 10.2. The van der Waals surface area contributed by atoms with Crippen LogP contribution in [0.1, 0.15) is 23.8 Å². The van der Waals surface area contributed by atoms with Crippen molar-refractivity contribution in [2.75, 3.05) is 7.05 Å². The van der Waals surface area contributed by atoms with Crippen molar-refractivity contribution in [3.63, 3.8) is 0 Å². The third-order valence-electron chi connectivity index (χ3n) is 2.39. The normalized spacial score (nSPS) is 12.2.